The first-order valence-corrected chi connectivity index (χ1v) is 6.55. The molecular formula is C12H16N4OS. The molecule has 0 spiro atoms. The molecule has 5 nitrogen and oxygen atoms in total. The van der Waals surface area contributed by atoms with Crippen molar-refractivity contribution < 1.29 is 4.74 Å². The van der Waals surface area contributed by atoms with Gasteiger partial charge < -0.3 is 10.2 Å². The summed E-state index contributed by atoms with van der Waals surface area (Å²) in [6, 6.07) is 4.13. The van der Waals surface area contributed by atoms with E-state index in [1.54, 1.807) is 11.3 Å². The van der Waals surface area contributed by atoms with Gasteiger partial charge in [-0.3, -0.25) is 0 Å². The Morgan fingerprint density at radius 2 is 2.22 bits per heavy atom. The van der Waals surface area contributed by atoms with Crippen LogP contribution in [0, 0.1) is 13.8 Å². The molecule has 3 N–H and O–H groups in total. The van der Waals surface area contributed by atoms with Crippen LogP contribution in [-0.4, -0.2) is 16.6 Å². The van der Waals surface area contributed by atoms with Crippen molar-refractivity contribution in [2.75, 3.05) is 12.0 Å². The molecule has 2 rings (SSSR count). The van der Waals surface area contributed by atoms with Gasteiger partial charge in [0.05, 0.1) is 12.2 Å². The fourth-order valence-electron chi connectivity index (χ4n) is 1.59. The van der Waals surface area contributed by atoms with E-state index < -0.39 is 0 Å². The maximum absolute atomic E-state index is 5.69. The molecule has 0 saturated heterocycles. The zero-order valence-electron chi connectivity index (χ0n) is 10.4. The minimum absolute atomic E-state index is 0.590. The Hall–Kier alpha value is -1.66. The average molecular weight is 264 g/mol. The molecule has 0 saturated carbocycles. The van der Waals surface area contributed by atoms with Gasteiger partial charge in [-0.2, -0.15) is 4.98 Å². The third-order valence-corrected chi connectivity index (χ3v) is 3.45. The maximum Gasteiger partial charge on any atom is 0.221 e. The van der Waals surface area contributed by atoms with Gasteiger partial charge >= 0.3 is 0 Å². The molecular weight excluding hydrogens is 248 g/mol. The van der Waals surface area contributed by atoms with Gasteiger partial charge in [0.2, 0.25) is 5.88 Å². The second-order valence-corrected chi connectivity index (χ2v) is 4.90. The number of nitrogens with two attached hydrogens (primary N) is 1. The van der Waals surface area contributed by atoms with E-state index in [4.69, 9.17) is 10.6 Å². The molecule has 2 aromatic heterocycles. The number of rotatable bonds is 5. The number of nitrogen functional groups attached to an aromatic ring is 1. The molecule has 0 amide bonds. The molecule has 0 fully saturated rings. The van der Waals surface area contributed by atoms with Gasteiger partial charge in [-0.05, 0) is 25.3 Å². The summed E-state index contributed by atoms with van der Waals surface area (Å²) in [5.41, 5.74) is 3.38. The van der Waals surface area contributed by atoms with Crippen LogP contribution in [-0.2, 0) is 6.42 Å². The second-order valence-electron chi connectivity index (χ2n) is 3.87. The summed E-state index contributed by atoms with van der Waals surface area (Å²) in [6.07, 6.45) is 0.881. The van der Waals surface area contributed by atoms with Gasteiger partial charge in [0.1, 0.15) is 11.6 Å². The van der Waals surface area contributed by atoms with Crippen LogP contribution >= 0.6 is 11.3 Å². The maximum atomic E-state index is 5.69. The Labute approximate surface area is 110 Å². The van der Waals surface area contributed by atoms with Crippen molar-refractivity contribution >= 4 is 17.2 Å². The van der Waals surface area contributed by atoms with Gasteiger partial charge in [0.15, 0.2) is 0 Å². The predicted molar refractivity (Wildman–Crippen MR) is 72.8 cm³/mol. The van der Waals surface area contributed by atoms with Gasteiger partial charge in [0, 0.05) is 11.3 Å². The molecule has 2 heterocycles. The fourth-order valence-corrected chi connectivity index (χ4v) is 2.28. The molecule has 0 aliphatic heterocycles. The lowest BCUT2D eigenvalue weighted by Crippen LogP contribution is -2.13. The number of thiophene rings is 1. The highest BCUT2D eigenvalue weighted by Gasteiger charge is 2.09. The number of ether oxygens (including phenoxy) is 1. The standard InChI is InChI=1S/C12H16N4OS/c1-8-11(16-13)14-9(2)15-12(8)17-6-5-10-4-3-7-18-10/h3-4,7H,5-6,13H2,1-2H3,(H,14,15,16). The number of nitrogens with one attached hydrogen (secondary N) is 1. The highest BCUT2D eigenvalue weighted by atomic mass is 32.1. The first-order valence-electron chi connectivity index (χ1n) is 5.67. The topological polar surface area (TPSA) is 73.1 Å². The number of hydrogen-bond acceptors (Lipinski definition) is 6. The summed E-state index contributed by atoms with van der Waals surface area (Å²) in [5, 5.41) is 2.06. The highest BCUT2D eigenvalue weighted by Crippen LogP contribution is 2.21. The lowest BCUT2D eigenvalue weighted by molar-refractivity contribution is 0.307. The van der Waals surface area contributed by atoms with Gasteiger partial charge in [-0.15, -0.1) is 11.3 Å². The van der Waals surface area contributed by atoms with Crippen LogP contribution < -0.4 is 16.0 Å². The molecule has 0 atom stereocenters. The summed E-state index contributed by atoms with van der Waals surface area (Å²) in [6.45, 7) is 4.29. The Bertz CT molecular complexity index is 513. The van der Waals surface area contributed by atoms with E-state index in [1.807, 2.05) is 19.9 Å². The first kappa shape index (κ1) is 12.8. The van der Waals surface area contributed by atoms with E-state index in [-0.39, 0.29) is 0 Å². The molecule has 2 aromatic rings. The van der Waals surface area contributed by atoms with Crippen molar-refractivity contribution in [1.29, 1.82) is 0 Å². The molecule has 18 heavy (non-hydrogen) atoms. The van der Waals surface area contributed by atoms with Crippen LogP contribution in [0.3, 0.4) is 0 Å². The van der Waals surface area contributed by atoms with E-state index in [0.29, 0.717) is 24.1 Å². The molecule has 0 unspecified atom stereocenters. The van der Waals surface area contributed by atoms with E-state index in [2.05, 4.69) is 26.8 Å². The second kappa shape index (κ2) is 5.79. The van der Waals surface area contributed by atoms with Crippen molar-refractivity contribution in [3.05, 3.63) is 33.8 Å². The molecule has 0 aliphatic carbocycles. The van der Waals surface area contributed by atoms with Crippen LogP contribution in [0.5, 0.6) is 5.88 Å². The zero-order valence-corrected chi connectivity index (χ0v) is 11.3. The lowest BCUT2D eigenvalue weighted by Gasteiger charge is -2.11. The number of aromatic nitrogens is 2. The van der Waals surface area contributed by atoms with Gasteiger partial charge in [-0.1, -0.05) is 6.07 Å². The van der Waals surface area contributed by atoms with Crippen molar-refractivity contribution in [1.82, 2.24) is 9.97 Å². The molecule has 0 aromatic carbocycles. The summed E-state index contributed by atoms with van der Waals surface area (Å²) >= 11 is 1.73. The number of hydrazine groups is 1. The van der Waals surface area contributed by atoms with Crippen LogP contribution in [0.2, 0.25) is 0 Å². The molecule has 0 radical (unpaired) electrons. The molecule has 96 valence electrons. The monoisotopic (exact) mass is 264 g/mol. The summed E-state index contributed by atoms with van der Waals surface area (Å²) < 4.78 is 5.69. The van der Waals surface area contributed by atoms with E-state index >= 15 is 0 Å². The first-order chi connectivity index (χ1) is 8.70. The minimum Gasteiger partial charge on any atom is -0.477 e. The lowest BCUT2D eigenvalue weighted by atomic mass is 10.3. The molecule has 6 heteroatoms. The third-order valence-electron chi connectivity index (χ3n) is 2.52. The van der Waals surface area contributed by atoms with Crippen molar-refractivity contribution in [3.63, 3.8) is 0 Å². The van der Waals surface area contributed by atoms with E-state index in [0.717, 1.165) is 12.0 Å². The van der Waals surface area contributed by atoms with Crippen LogP contribution in [0.1, 0.15) is 16.3 Å². The normalized spacial score (nSPS) is 10.4. The SMILES string of the molecule is Cc1nc(NN)c(C)c(OCCc2cccs2)n1. The average Bonchev–Trinajstić information content (AvgIpc) is 2.86. The summed E-state index contributed by atoms with van der Waals surface area (Å²) in [7, 11) is 0. The number of hydrogen-bond donors (Lipinski definition) is 2. The third kappa shape index (κ3) is 2.96. The Kier molecular flexibility index (Phi) is 4.11. The van der Waals surface area contributed by atoms with Gasteiger partial charge in [-0.25, -0.2) is 10.8 Å². The number of nitrogens with zero attached hydrogens (tertiary/aromatic N) is 2. The van der Waals surface area contributed by atoms with Crippen molar-refractivity contribution in [2.45, 2.75) is 20.3 Å². The highest BCUT2D eigenvalue weighted by molar-refractivity contribution is 7.09. The molecule has 0 aliphatic rings. The Morgan fingerprint density at radius 1 is 1.39 bits per heavy atom. The van der Waals surface area contributed by atoms with Crippen LogP contribution in [0.4, 0.5) is 5.82 Å². The summed E-state index contributed by atoms with van der Waals surface area (Å²) in [4.78, 5) is 9.76. The molecule has 0 bridgehead atoms. The number of anilines is 1. The van der Waals surface area contributed by atoms with E-state index in [9.17, 15) is 0 Å². The van der Waals surface area contributed by atoms with Gasteiger partial charge in [0.25, 0.3) is 0 Å². The van der Waals surface area contributed by atoms with Crippen molar-refractivity contribution in [3.8, 4) is 5.88 Å². The largest absolute Gasteiger partial charge is 0.477 e. The quantitative estimate of drug-likeness (QED) is 0.639. The van der Waals surface area contributed by atoms with Crippen molar-refractivity contribution in [2.24, 2.45) is 5.84 Å². The predicted octanol–water partition coefficient (Wildman–Crippen LogP) is 2.06. The Morgan fingerprint density at radius 3 is 2.89 bits per heavy atom. The summed E-state index contributed by atoms with van der Waals surface area (Å²) in [5.74, 6) is 7.23. The fraction of sp³-hybridized carbons (Fsp3) is 0.333. The van der Waals surface area contributed by atoms with Crippen LogP contribution in [0.15, 0.2) is 17.5 Å². The smallest absolute Gasteiger partial charge is 0.221 e. The number of aryl methyl sites for hydroxylation is 1. The zero-order chi connectivity index (χ0) is 13.0. The van der Waals surface area contributed by atoms with Crippen LogP contribution in [0.25, 0.3) is 0 Å². The minimum atomic E-state index is 0.590. The van der Waals surface area contributed by atoms with E-state index in [1.165, 1.54) is 4.88 Å². The Balaban J connectivity index is 2.02.